The van der Waals surface area contributed by atoms with Crippen molar-refractivity contribution in [3.05, 3.63) is 82.7 Å². The van der Waals surface area contributed by atoms with E-state index in [0.717, 1.165) is 22.3 Å². The van der Waals surface area contributed by atoms with Gasteiger partial charge in [0.2, 0.25) is 0 Å². The van der Waals surface area contributed by atoms with Crippen LogP contribution in [0, 0.1) is 26.6 Å². The van der Waals surface area contributed by atoms with E-state index in [1.54, 1.807) is 12.1 Å². The first kappa shape index (κ1) is 20.6. The molecule has 156 valence electrons. The van der Waals surface area contributed by atoms with Gasteiger partial charge in [0.25, 0.3) is 10.1 Å². The van der Waals surface area contributed by atoms with Gasteiger partial charge in [0.15, 0.2) is 0 Å². The fraction of sp³-hybridized carbons (Fsp3) is 0.250. The number of fused-ring (bicyclic) bond motifs is 1. The summed E-state index contributed by atoms with van der Waals surface area (Å²) < 4.78 is 50.5. The van der Waals surface area contributed by atoms with Gasteiger partial charge >= 0.3 is 0 Å². The van der Waals surface area contributed by atoms with Crippen LogP contribution in [0.2, 0.25) is 0 Å². The first-order valence-electron chi connectivity index (χ1n) is 9.76. The zero-order valence-corrected chi connectivity index (χ0v) is 17.9. The van der Waals surface area contributed by atoms with Crippen LogP contribution in [-0.2, 0) is 20.7 Å². The van der Waals surface area contributed by atoms with Crippen LogP contribution in [0.5, 0.6) is 5.75 Å². The zero-order valence-electron chi connectivity index (χ0n) is 17.1. The monoisotopic (exact) mass is 426 g/mol. The Morgan fingerprint density at radius 2 is 1.67 bits per heavy atom. The van der Waals surface area contributed by atoms with Gasteiger partial charge in [0.1, 0.15) is 24.3 Å². The molecule has 0 spiro atoms. The minimum atomic E-state index is -3.89. The van der Waals surface area contributed by atoms with Gasteiger partial charge in [0.05, 0.1) is 4.90 Å². The van der Waals surface area contributed by atoms with Crippen molar-refractivity contribution in [2.75, 3.05) is 6.61 Å². The lowest BCUT2D eigenvalue weighted by Crippen LogP contribution is -2.23. The first-order chi connectivity index (χ1) is 14.2. The van der Waals surface area contributed by atoms with Gasteiger partial charge < -0.3 is 4.74 Å². The van der Waals surface area contributed by atoms with E-state index in [0.29, 0.717) is 23.3 Å². The van der Waals surface area contributed by atoms with Crippen LogP contribution >= 0.6 is 0 Å². The van der Waals surface area contributed by atoms with E-state index in [1.807, 2.05) is 39.0 Å². The van der Waals surface area contributed by atoms with E-state index in [2.05, 4.69) is 0 Å². The number of hydrogen-bond acceptors (Lipinski definition) is 4. The molecule has 0 aliphatic carbocycles. The summed E-state index contributed by atoms with van der Waals surface area (Å²) >= 11 is 0. The molecule has 0 fully saturated rings. The van der Waals surface area contributed by atoms with Crippen LogP contribution in [0.15, 0.2) is 59.5 Å². The average Bonchev–Trinajstić information content (AvgIpc) is 3.11. The summed E-state index contributed by atoms with van der Waals surface area (Å²) in [5.74, 6) is 0.244. The van der Waals surface area contributed by atoms with E-state index >= 15 is 0 Å². The van der Waals surface area contributed by atoms with E-state index < -0.39 is 16.2 Å². The molecule has 0 saturated heterocycles. The maximum atomic E-state index is 14.3. The Balaban J connectivity index is 1.56. The molecule has 3 aromatic carbocycles. The molecule has 1 unspecified atom stereocenters. The summed E-state index contributed by atoms with van der Waals surface area (Å²) in [5.41, 5.74) is 5.33. The average molecular weight is 427 g/mol. The number of rotatable bonds is 5. The third-order valence-corrected chi connectivity index (χ3v) is 6.56. The van der Waals surface area contributed by atoms with Crippen LogP contribution in [0.4, 0.5) is 4.39 Å². The zero-order chi connectivity index (χ0) is 21.5. The summed E-state index contributed by atoms with van der Waals surface area (Å²) in [6.45, 7) is 5.69. The van der Waals surface area contributed by atoms with Gasteiger partial charge in [-0.3, -0.25) is 4.18 Å². The van der Waals surface area contributed by atoms with E-state index in [9.17, 15) is 12.8 Å². The third-order valence-electron chi connectivity index (χ3n) is 5.26. The van der Waals surface area contributed by atoms with Gasteiger partial charge in [-0.25, -0.2) is 4.39 Å². The molecule has 0 N–H and O–H groups in total. The molecule has 4 nitrogen and oxygen atoms in total. The number of hydrogen-bond donors (Lipinski definition) is 0. The molecule has 30 heavy (non-hydrogen) atoms. The second kappa shape index (κ2) is 7.85. The van der Waals surface area contributed by atoms with Gasteiger partial charge in [-0.1, -0.05) is 41.5 Å². The van der Waals surface area contributed by atoms with E-state index in [4.69, 9.17) is 8.92 Å². The molecule has 1 aliphatic heterocycles. The highest BCUT2D eigenvalue weighted by molar-refractivity contribution is 7.86. The van der Waals surface area contributed by atoms with Crippen molar-refractivity contribution in [1.29, 1.82) is 0 Å². The minimum absolute atomic E-state index is 0.103. The van der Waals surface area contributed by atoms with Gasteiger partial charge in [0, 0.05) is 17.5 Å². The molecule has 1 aliphatic rings. The number of halogens is 1. The highest BCUT2D eigenvalue weighted by Crippen LogP contribution is 2.41. The Kier molecular flexibility index (Phi) is 5.38. The smallest absolute Gasteiger partial charge is 0.297 e. The van der Waals surface area contributed by atoms with E-state index in [1.165, 1.54) is 24.3 Å². The minimum Gasteiger partial charge on any atom is -0.487 e. The van der Waals surface area contributed by atoms with Crippen LogP contribution < -0.4 is 4.74 Å². The second-order valence-corrected chi connectivity index (χ2v) is 9.37. The molecule has 0 aromatic heterocycles. The molecule has 0 radical (unpaired) electrons. The lowest BCUT2D eigenvalue weighted by Gasteiger charge is -2.15. The molecule has 3 aromatic rings. The van der Waals surface area contributed by atoms with Crippen molar-refractivity contribution in [2.24, 2.45) is 0 Å². The summed E-state index contributed by atoms with van der Waals surface area (Å²) in [6.07, 6.45) is -0.125. The summed E-state index contributed by atoms with van der Waals surface area (Å²) in [6, 6.07) is 15.4. The SMILES string of the molecule is Cc1ccc(S(=O)(=O)OCC2Cc3cc(F)cc(-c4cc(C)ccc4C)c3O2)cc1. The molecule has 0 amide bonds. The van der Waals surface area contributed by atoms with Crippen molar-refractivity contribution in [2.45, 2.75) is 38.2 Å². The first-order valence-corrected chi connectivity index (χ1v) is 11.2. The molecule has 0 saturated carbocycles. The Labute approximate surface area is 176 Å². The van der Waals surface area contributed by atoms with Crippen LogP contribution in [-0.4, -0.2) is 21.1 Å². The number of benzene rings is 3. The fourth-order valence-corrected chi connectivity index (χ4v) is 4.59. The van der Waals surface area contributed by atoms with Crippen molar-refractivity contribution < 1.29 is 21.7 Å². The van der Waals surface area contributed by atoms with Crippen LogP contribution in [0.25, 0.3) is 11.1 Å². The second-order valence-electron chi connectivity index (χ2n) is 7.76. The standard InChI is InChI=1S/C24H23FO4S/c1-15-5-8-21(9-6-15)30(26,27)28-14-20-12-18-11-19(25)13-23(24(18)29-20)22-10-16(2)4-7-17(22)3/h4-11,13,20H,12,14H2,1-3H3. The molecule has 1 heterocycles. The lowest BCUT2D eigenvalue weighted by atomic mass is 9.95. The molecule has 6 heteroatoms. The van der Waals surface area contributed by atoms with Crippen molar-refractivity contribution in [3.63, 3.8) is 0 Å². The Morgan fingerprint density at radius 3 is 2.40 bits per heavy atom. The summed E-state index contributed by atoms with van der Waals surface area (Å²) in [7, 11) is -3.89. The molecular formula is C24H23FO4S. The third kappa shape index (κ3) is 4.11. The normalized spacial score (nSPS) is 15.7. The summed E-state index contributed by atoms with van der Waals surface area (Å²) in [4.78, 5) is 0.103. The summed E-state index contributed by atoms with van der Waals surface area (Å²) in [5, 5.41) is 0. The van der Waals surface area contributed by atoms with Crippen molar-refractivity contribution >= 4 is 10.1 Å². The predicted molar refractivity (Wildman–Crippen MR) is 114 cm³/mol. The van der Waals surface area contributed by atoms with Crippen molar-refractivity contribution in [1.82, 2.24) is 0 Å². The van der Waals surface area contributed by atoms with E-state index in [-0.39, 0.29) is 17.3 Å². The highest BCUT2D eigenvalue weighted by Gasteiger charge is 2.29. The molecule has 1 atom stereocenters. The number of ether oxygens (including phenoxy) is 1. The Bertz CT molecular complexity index is 1200. The maximum absolute atomic E-state index is 14.3. The van der Waals surface area contributed by atoms with Gasteiger partial charge in [-0.2, -0.15) is 8.42 Å². The van der Waals surface area contributed by atoms with Gasteiger partial charge in [-0.15, -0.1) is 0 Å². The molecule has 0 bridgehead atoms. The fourth-order valence-electron chi connectivity index (χ4n) is 3.65. The van der Waals surface area contributed by atoms with Crippen LogP contribution in [0.3, 0.4) is 0 Å². The van der Waals surface area contributed by atoms with Crippen LogP contribution in [0.1, 0.15) is 22.3 Å². The number of aryl methyl sites for hydroxylation is 3. The highest BCUT2D eigenvalue weighted by atomic mass is 32.2. The quantitative estimate of drug-likeness (QED) is 0.531. The topological polar surface area (TPSA) is 52.6 Å². The Hall–Kier alpha value is -2.70. The maximum Gasteiger partial charge on any atom is 0.297 e. The van der Waals surface area contributed by atoms with Crippen molar-refractivity contribution in [3.8, 4) is 16.9 Å². The molecule has 4 rings (SSSR count). The largest absolute Gasteiger partial charge is 0.487 e. The molecular weight excluding hydrogens is 403 g/mol. The predicted octanol–water partition coefficient (Wildman–Crippen LogP) is 5.13. The lowest BCUT2D eigenvalue weighted by molar-refractivity contribution is 0.152. The van der Waals surface area contributed by atoms with Gasteiger partial charge in [-0.05, 0) is 56.2 Å². The Morgan fingerprint density at radius 1 is 0.967 bits per heavy atom.